The molecule has 0 spiro atoms. The second kappa shape index (κ2) is 8.95. The molecule has 1 amide bonds. The van der Waals surface area contributed by atoms with E-state index in [-0.39, 0.29) is 17.6 Å². The van der Waals surface area contributed by atoms with Gasteiger partial charge in [-0.05, 0) is 60.4 Å². The second-order valence-electron chi connectivity index (χ2n) is 7.57. The van der Waals surface area contributed by atoms with Gasteiger partial charge >= 0.3 is 0 Å². The number of pyridine rings is 2. The number of hydrogen-bond donors (Lipinski definition) is 0. The summed E-state index contributed by atoms with van der Waals surface area (Å²) >= 11 is 0. The van der Waals surface area contributed by atoms with Gasteiger partial charge in [0, 0.05) is 49.2 Å². The van der Waals surface area contributed by atoms with Gasteiger partial charge in [-0.1, -0.05) is 18.2 Å². The van der Waals surface area contributed by atoms with Gasteiger partial charge in [-0.15, -0.1) is 0 Å². The molecule has 1 aromatic carbocycles. The van der Waals surface area contributed by atoms with Crippen molar-refractivity contribution in [2.45, 2.75) is 31.6 Å². The number of rotatable bonds is 5. The zero-order valence-electron chi connectivity index (χ0n) is 16.3. The normalized spacial score (nSPS) is 16.6. The number of piperidine rings is 1. The highest BCUT2D eigenvalue weighted by Crippen LogP contribution is 2.26. The fraction of sp³-hybridized carbons (Fsp3) is 0.292. The van der Waals surface area contributed by atoms with E-state index in [1.807, 2.05) is 41.3 Å². The van der Waals surface area contributed by atoms with Crippen molar-refractivity contribution in [1.82, 2.24) is 14.9 Å². The average Bonchev–Trinajstić information content (AvgIpc) is 2.75. The second-order valence-corrected chi connectivity index (χ2v) is 7.57. The van der Waals surface area contributed by atoms with Crippen LogP contribution in [0, 0.1) is 5.82 Å². The first kappa shape index (κ1) is 19.2. The van der Waals surface area contributed by atoms with Gasteiger partial charge in [-0.2, -0.15) is 0 Å². The number of likely N-dealkylation sites (tertiary alicyclic amines) is 1. The maximum Gasteiger partial charge on any atom is 0.227 e. The van der Waals surface area contributed by atoms with E-state index in [9.17, 15) is 9.18 Å². The van der Waals surface area contributed by atoms with Gasteiger partial charge in [0.25, 0.3) is 0 Å². The number of benzene rings is 1. The molecule has 4 rings (SSSR count). The SMILES string of the molecule is O=C(Cc1ccncc1)N1CCC[C@@H](c2cccc(Cc3cccc(F)c3)n2)C1. The first-order valence-electron chi connectivity index (χ1n) is 10.0. The van der Waals surface area contributed by atoms with E-state index >= 15 is 0 Å². The molecule has 1 aliphatic heterocycles. The Bertz CT molecular complexity index is 977. The first-order chi connectivity index (χ1) is 14.2. The predicted octanol–water partition coefficient (Wildman–Crippen LogP) is 4.16. The number of halogens is 1. The van der Waals surface area contributed by atoms with E-state index in [1.165, 1.54) is 6.07 Å². The van der Waals surface area contributed by atoms with Gasteiger partial charge in [-0.25, -0.2) is 4.39 Å². The van der Waals surface area contributed by atoms with E-state index < -0.39 is 0 Å². The topological polar surface area (TPSA) is 46.1 Å². The molecule has 1 aliphatic rings. The highest BCUT2D eigenvalue weighted by atomic mass is 19.1. The quantitative estimate of drug-likeness (QED) is 0.658. The molecule has 148 valence electrons. The lowest BCUT2D eigenvalue weighted by atomic mass is 9.93. The number of hydrogen-bond acceptors (Lipinski definition) is 3. The largest absolute Gasteiger partial charge is 0.342 e. The molecule has 1 fully saturated rings. The molecule has 5 heteroatoms. The van der Waals surface area contributed by atoms with Crippen molar-refractivity contribution >= 4 is 5.91 Å². The molecule has 0 aliphatic carbocycles. The minimum Gasteiger partial charge on any atom is -0.342 e. The molecule has 3 heterocycles. The van der Waals surface area contributed by atoms with Gasteiger partial charge in [0.15, 0.2) is 0 Å². The Morgan fingerprint density at radius 3 is 2.72 bits per heavy atom. The lowest BCUT2D eigenvalue weighted by Gasteiger charge is -2.32. The molecule has 2 aromatic heterocycles. The number of carbonyl (C=O) groups excluding carboxylic acids is 1. The molecular weight excluding hydrogens is 365 g/mol. The molecule has 1 atom stereocenters. The van der Waals surface area contributed by atoms with E-state index in [1.54, 1.807) is 24.5 Å². The van der Waals surface area contributed by atoms with Crippen LogP contribution in [-0.2, 0) is 17.6 Å². The van der Waals surface area contributed by atoms with Crippen LogP contribution < -0.4 is 0 Å². The molecule has 0 bridgehead atoms. The maximum atomic E-state index is 13.5. The summed E-state index contributed by atoms with van der Waals surface area (Å²) < 4.78 is 13.5. The predicted molar refractivity (Wildman–Crippen MR) is 110 cm³/mol. The summed E-state index contributed by atoms with van der Waals surface area (Å²) in [4.78, 5) is 23.5. The van der Waals surface area contributed by atoms with Crippen LogP contribution in [0.25, 0.3) is 0 Å². The third-order valence-corrected chi connectivity index (χ3v) is 5.40. The molecule has 0 saturated carbocycles. The lowest BCUT2D eigenvalue weighted by Crippen LogP contribution is -2.40. The van der Waals surface area contributed by atoms with Gasteiger partial charge in [0.05, 0.1) is 6.42 Å². The third-order valence-electron chi connectivity index (χ3n) is 5.40. The van der Waals surface area contributed by atoms with Crippen molar-refractivity contribution in [3.05, 3.63) is 95.3 Å². The Morgan fingerprint density at radius 1 is 1.07 bits per heavy atom. The van der Waals surface area contributed by atoms with E-state index in [4.69, 9.17) is 4.98 Å². The summed E-state index contributed by atoms with van der Waals surface area (Å²) in [5.41, 5.74) is 3.84. The van der Waals surface area contributed by atoms with Gasteiger partial charge in [0.2, 0.25) is 5.91 Å². The van der Waals surface area contributed by atoms with E-state index in [2.05, 4.69) is 4.98 Å². The van der Waals surface area contributed by atoms with Gasteiger partial charge in [-0.3, -0.25) is 14.8 Å². The number of aromatic nitrogens is 2. The van der Waals surface area contributed by atoms with Crippen molar-refractivity contribution in [1.29, 1.82) is 0 Å². The van der Waals surface area contributed by atoms with Crippen LogP contribution in [0.2, 0.25) is 0 Å². The van der Waals surface area contributed by atoms with Crippen LogP contribution in [-0.4, -0.2) is 33.9 Å². The minimum atomic E-state index is -0.228. The van der Waals surface area contributed by atoms with Gasteiger partial charge in [0.1, 0.15) is 5.82 Å². The molecule has 4 nitrogen and oxygen atoms in total. The van der Waals surface area contributed by atoms with E-state index in [0.717, 1.165) is 41.9 Å². The van der Waals surface area contributed by atoms with E-state index in [0.29, 0.717) is 19.4 Å². The van der Waals surface area contributed by atoms with Crippen molar-refractivity contribution in [2.75, 3.05) is 13.1 Å². The monoisotopic (exact) mass is 389 g/mol. The van der Waals surface area contributed by atoms with Crippen LogP contribution in [0.5, 0.6) is 0 Å². The number of carbonyl (C=O) groups is 1. The Hall–Kier alpha value is -3.08. The van der Waals surface area contributed by atoms with Crippen molar-refractivity contribution < 1.29 is 9.18 Å². The highest BCUT2D eigenvalue weighted by Gasteiger charge is 2.25. The van der Waals surface area contributed by atoms with Gasteiger partial charge < -0.3 is 4.90 Å². The number of nitrogens with zero attached hydrogens (tertiary/aromatic N) is 3. The smallest absolute Gasteiger partial charge is 0.227 e. The fourth-order valence-electron chi connectivity index (χ4n) is 3.91. The Labute approximate surface area is 170 Å². The molecule has 0 radical (unpaired) electrons. The Morgan fingerprint density at radius 2 is 1.90 bits per heavy atom. The lowest BCUT2D eigenvalue weighted by molar-refractivity contribution is -0.131. The Balaban J connectivity index is 1.43. The van der Waals surface area contributed by atoms with Crippen LogP contribution in [0.4, 0.5) is 4.39 Å². The molecule has 0 unspecified atom stereocenters. The van der Waals surface area contributed by atoms with Crippen LogP contribution in [0.3, 0.4) is 0 Å². The average molecular weight is 389 g/mol. The zero-order chi connectivity index (χ0) is 20.1. The van der Waals surface area contributed by atoms with Crippen LogP contribution >= 0.6 is 0 Å². The summed E-state index contributed by atoms with van der Waals surface area (Å²) in [6, 6.07) is 16.4. The molecular formula is C24H24FN3O. The standard InChI is InChI=1S/C24H24FN3O/c25-21-6-1-4-19(14-21)15-22-7-2-8-23(27-22)20-5-3-13-28(17-20)24(29)16-18-9-11-26-12-10-18/h1-2,4,6-12,14,20H,3,5,13,15-17H2/t20-/m1/s1. The van der Waals surface area contributed by atoms with Crippen LogP contribution in [0.15, 0.2) is 67.0 Å². The summed E-state index contributed by atoms with van der Waals surface area (Å²) in [6.45, 7) is 1.49. The third kappa shape index (κ3) is 5.05. The highest BCUT2D eigenvalue weighted by molar-refractivity contribution is 5.78. The molecule has 29 heavy (non-hydrogen) atoms. The summed E-state index contributed by atoms with van der Waals surface area (Å²) in [5.74, 6) is 0.156. The minimum absolute atomic E-state index is 0.150. The maximum absolute atomic E-state index is 13.5. The first-order valence-corrected chi connectivity index (χ1v) is 10.0. The molecule has 3 aromatic rings. The van der Waals surface area contributed by atoms with Crippen molar-refractivity contribution in [3.8, 4) is 0 Å². The molecule has 0 N–H and O–H groups in total. The number of amides is 1. The van der Waals surface area contributed by atoms with Crippen LogP contribution in [0.1, 0.15) is 41.3 Å². The fourth-order valence-corrected chi connectivity index (χ4v) is 3.91. The summed E-state index contributed by atoms with van der Waals surface area (Å²) in [7, 11) is 0. The zero-order valence-corrected chi connectivity index (χ0v) is 16.3. The van der Waals surface area contributed by atoms with Crippen molar-refractivity contribution in [3.63, 3.8) is 0 Å². The summed E-state index contributed by atoms with van der Waals surface area (Å²) in [5, 5.41) is 0. The molecule has 1 saturated heterocycles. The Kier molecular flexibility index (Phi) is 5.94. The summed E-state index contributed by atoms with van der Waals surface area (Å²) in [6.07, 6.45) is 6.44. The van der Waals surface area contributed by atoms with Crippen molar-refractivity contribution in [2.24, 2.45) is 0 Å².